The van der Waals surface area contributed by atoms with Gasteiger partial charge in [-0.05, 0) is 18.6 Å². The molecule has 0 amide bonds. The summed E-state index contributed by atoms with van der Waals surface area (Å²) in [6.45, 7) is 1.84. The number of aryl methyl sites for hydroxylation is 1. The van der Waals surface area contributed by atoms with Crippen molar-refractivity contribution in [3.63, 3.8) is 0 Å². The van der Waals surface area contributed by atoms with E-state index in [2.05, 4.69) is 4.99 Å². The molecule has 0 radical (unpaired) electrons. The van der Waals surface area contributed by atoms with Crippen molar-refractivity contribution in [1.29, 1.82) is 0 Å². The van der Waals surface area contributed by atoms with Crippen LogP contribution in [-0.4, -0.2) is 23.5 Å². The number of aromatic hydroxyl groups is 1. The number of phenols is 1. The molecule has 0 atom stereocenters. The molecule has 2 nitrogen and oxygen atoms in total. The number of halogens is 3. The van der Waals surface area contributed by atoms with Crippen LogP contribution >= 0.6 is 17.0 Å². The first kappa shape index (κ1) is 16.1. The van der Waals surface area contributed by atoms with Gasteiger partial charge in [-0.1, -0.05) is 12.1 Å². The molecule has 6 heteroatoms. The Labute approximate surface area is 125 Å². The zero-order valence-electron chi connectivity index (χ0n) is 9.91. The average molecular weight is 369 g/mol. The van der Waals surface area contributed by atoms with Crippen molar-refractivity contribution < 1.29 is 30.3 Å². The maximum atomic E-state index is 12.5. The Morgan fingerprint density at radius 1 is 1.44 bits per heavy atom. The zero-order chi connectivity index (χ0) is 13.5. The quantitative estimate of drug-likeness (QED) is 0.786. The molecule has 18 heavy (non-hydrogen) atoms. The van der Waals surface area contributed by atoms with Crippen molar-refractivity contribution >= 4 is 23.2 Å². The van der Waals surface area contributed by atoms with Crippen LogP contribution in [0.5, 0.6) is 5.75 Å². The van der Waals surface area contributed by atoms with E-state index in [1.165, 1.54) is 0 Å². The molecule has 1 fully saturated rings. The second kappa shape index (κ2) is 8.29. The van der Waals surface area contributed by atoms with Gasteiger partial charge >= 0.3 is 37.9 Å². The Hall–Kier alpha value is 0.0831. The van der Waals surface area contributed by atoms with Crippen LogP contribution < -0.4 is 0 Å². The summed E-state index contributed by atoms with van der Waals surface area (Å²) in [6.07, 6.45) is 1.99. The number of benzene rings is 1. The van der Waals surface area contributed by atoms with E-state index in [4.69, 9.17) is 17.0 Å². The Morgan fingerprint density at radius 3 is 2.61 bits per heavy atom. The first-order valence-electron chi connectivity index (χ1n) is 5.50. The SMILES string of the molecule is Cc1cccc(C=NC2CC(F)C2)c1O.[Cl][Zr][Cl]. The van der Waals surface area contributed by atoms with E-state index in [-0.39, 0.29) is 11.8 Å². The predicted octanol–water partition coefficient (Wildman–Crippen LogP) is 4.00. The molecule has 0 bridgehead atoms. The van der Waals surface area contributed by atoms with Crippen molar-refractivity contribution in [2.75, 3.05) is 0 Å². The van der Waals surface area contributed by atoms with Crippen LogP contribution in [0.1, 0.15) is 24.0 Å². The van der Waals surface area contributed by atoms with Gasteiger partial charge in [-0.25, -0.2) is 4.39 Å². The number of phenolic OH excluding ortho intramolecular Hbond substituents is 1. The summed E-state index contributed by atoms with van der Waals surface area (Å²) in [4.78, 5) is 4.23. The van der Waals surface area contributed by atoms with Gasteiger partial charge in [-0.15, -0.1) is 0 Å². The Balaban J connectivity index is 0.000000492. The van der Waals surface area contributed by atoms with Crippen molar-refractivity contribution in [3.05, 3.63) is 29.3 Å². The van der Waals surface area contributed by atoms with E-state index in [1.807, 2.05) is 19.1 Å². The van der Waals surface area contributed by atoms with E-state index in [0.717, 1.165) is 5.56 Å². The molecule has 0 unspecified atom stereocenters. The van der Waals surface area contributed by atoms with Crippen LogP contribution in [0.2, 0.25) is 0 Å². The fourth-order valence-corrected chi connectivity index (χ4v) is 1.61. The van der Waals surface area contributed by atoms with Gasteiger partial charge in [0, 0.05) is 24.6 Å². The monoisotopic (exact) mass is 367 g/mol. The van der Waals surface area contributed by atoms with E-state index >= 15 is 0 Å². The number of rotatable bonds is 2. The molecule has 1 N–H and O–H groups in total. The molecule has 0 saturated heterocycles. The van der Waals surface area contributed by atoms with Gasteiger partial charge in [0.05, 0.1) is 6.04 Å². The summed E-state index contributed by atoms with van der Waals surface area (Å²) >= 11 is -0.826. The third-order valence-corrected chi connectivity index (χ3v) is 2.75. The van der Waals surface area contributed by atoms with Crippen molar-refractivity contribution in [1.82, 2.24) is 0 Å². The molecular weight excluding hydrogens is 355 g/mol. The van der Waals surface area contributed by atoms with Gasteiger partial charge in [-0.3, -0.25) is 4.99 Å². The Bertz CT molecular complexity index is 411. The van der Waals surface area contributed by atoms with Crippen LogP contribution in [0.15, 0.2) is 23.2 Å². The predicted molar refractivity (Wildman–Crippen MR) is 70.1 cm³/mol. The molecule has 1 aliphatic rings. The van der Waals surface area contributed by atoms with E-state index < -0.39 is 27.0 Å². The van der Waals surface area contributed by atoms with E-state index in [1.54, 1.807) is 12.3 Å². The van der Waals surface area contributed by atoms with Crippen LogP contribution in [-0.2, 0) is 20.8 Å². The van der Waals surface area contributed by atoms with Crippen LogP contribution in [0.25, 0.3) is 0 Å². The standard InChI is InChI=1S/C12H14FNO.2ClH.Zr/c1-8-3-2-4-9(12(8)15)7-14-11-5-10(13)6-11;;;/h2-4,7,10-11,15H,5-6H2,1H3;2*1H;/q;;;+2/p-2. The topological polar surface area (TPSA) is 32.6 Å². The molecule has 1 aromatic carbocycles. The molecular formula is C12H14Cl2FNOZr. The van der Waals surface area contributed by atoms with Gasteiger partial charge in [0.1, 0.15) is 11.9 Å². The molecule has 2 rings (SSSR count). The normalized spacial score (nSPS) is 22.0. The second-order valence-electron chi connectivity index (χ2n) is 4.08. The van der Waals surface area contributed by atoms with Gasteiger partial charge in [-0.2, -0.15) is 0 Å². The van der Waals surface area contributed by atoms with Crippen molar-refractivity contribution in [2.24, 2.45) is 4.99 Å². The fraction of sp³-hybridized carbons (Fsp3) is 0.417. The molecule has 0 spiro atoms. The minimum absolute atomic E-state index is 0.0971. The van der Waals surface area contributed by atoms with Crippen LogP contribution in [0, 0.1) is 6.92 Å². The van der Waals surface area contributed by atoms with Gasteiger partial charge in [0.2, 0.25) is 0 Å². The number of nitrogens with zero attached hydrogens (tertiary/aromatic N) is 1. The first-order chi connectivity index (χ1) is 8.58. The molecule has 1 aromatic rings. The number of aliphatic imine (C=N–C) groups is 1. The number of hydrogen-bond acceptors (Lipinski definition) is 2. The third-order valence-electron chi connectivity index (χ3n) is 2.75. The molecule has 0 aromatic heterocycles. The third kappa shape index (κ3) is 4.99. The van der Waals surface area contributed by atoms with Crippen LogP contribution in [0.4, 0.5) is 4.39 Å². The Morgan fingerprint density at radius 2 is 2.06 bits per heavy atom. The molecule has 98 valence electrons. The van der Waals surface area contributed by atoms with Crippen molar-refractivity contribution in [2.45, 2.75) is 32.0 Å². The molecule has 0 aliphatic heterocycles. The summed E-state index contributed by atoms with van der Waals surface area (Å²) in [5, 5.41) is 9.69. The molecule has 1 aliphatic carbocycles. The molecule has 0 heterocycles. The van der Waals surface area contributed by atoms with E-state index in [0.29, 0.717) is 18.4 Å². The average Bonchev–Trinajstić information content (AvgIpc) is 2.29. The summed E-state index contributed by atoms with van der Waals surface area (Å²) in [6, 6.07) is 5.61. The summed E-state index contributed by atoms with van der Waals surface area (Å²) in [7, 11) is 9.87. The first-order valence-corrected chi connectivity index (χ1v) is 11.8. The summed E-state index contributed by atoms with van der Waals surface area (Å²) in [5.74, 6) is 0.261. The minimum atomic E-state index is -0.826. The Kier molecular flexibility index (Phi) is 7.44. The van der Waals surface area contributed by atoms with Gasteiger partial charge < -0.3 is 5.11 Å². The number of hydrogen-bond donors (Lipinski definition) is 1. The van der Waals surface area contributed by atoms with Crippen molar-refractivity contribution in [3.8, 4) is 5.75 Å². The maximum absolute atomic E-state index is 12.5. The summed E-state index contributed by atoms with van der Waals surface area (Å²) in [5.41, 5.74) is 1.54. The summed E-state index contributed by atoms with van der Waals surface area (Å²) < 4.78 is 12.5. The number of alkyl halides is 1. The van der Waals surface area contributed by atoms with Gasteiger partial charge in [0.15, 0.2) is 0 Å². The second-order valence-corrected chi connectivity index (χ2v) is 7.82. The number of para-hydroxylation sites is 1. The van der Waals surface area contributed by atoms with Crippen LogP contribution in [0.3, 0.4) is 0 Å². The fourth-order valence-electron chi connectivity index (χ4n) is 1.61. The molecule has 1 saturated carbocycles. The zero-order valence-corrected chi connectivity index (χ0v) is 13.9. The van der Waals surface area contributed by atoms with E-state index in [9.17, 15) is 9.50 Å². The van der Waals surface area contributed by atoms with Gasteiger partial charge in [0.25, 0.3) is 0 Å².